The molecule has 0 saturated carbocycles. The summed E-state index contributed by atoms with van der Waals surface area (Å²) in [5.74, 6) is -2.66. The molecular formula is C14H16O6. The van der Waals surface area contributed by atoms with Crippen molar-refractivity contribution in [1.29, 1.82) is 0 Å². The number of esters is 1. The highest BCUT2D eigenvalue weighted by Crippen LogP contribution is 2.20. The minimum absolute atomic E-state index is 0.0678. The van der Waals surface area contributed by atoms with Crippen LogP contribution in [-0.2, 0) is 20.7 Å². The molecule has 6 heteroatoms. The van der Waals surface area contributed by atoms with Crippen molar-refractivity contribution in [3.63, 3.8) is 0 Å². The second kappa shape index (κ2) is 7.28. The van der Waals surface area contributed by atoms with Gasteiger partial charge in [-0.15, -0.1) is 0 Å². The number of carboxylic acid groups (broad SMARTS) is 1. The number of ether oxygens (including phenoxy) is 1. The molecule has 0 radical (unpaired) electrons. The summed E-state index contributed by atoms with van der Waals surface area (Å²) < 4.78 is 4.83. The molecule has 1 rings (SSSR count). The average molecular weight is 280 g/mol. The quantitative estimate of drug-likeness (QED) is 0.578. The van der Waals surface area contributed by atoms with E-state index in [1.54, 1.807) is 6.92 Å². The topological polar surface area (TPSA) is 101 Å². The zero-order valence-electron chi connectivity index (χ0n) is 11.0. The van der Waals surface area contributed by atoms with Gasteiger partial charge in [0.05, 0.1) is 18.9 Å². The third-order valence-electron chi connectivity index (χ3n) is 2.76. The molecule has 0 aliphatic heterocycles. The summed E-state index contributed by atoms with van der Waals surface area (Å²) in [7, 11) is 0. The molecule has 1 aromatic carbocycles. The van der Waals surface area contributed by atoms with Crippen molar-refractivity contribution in [3.05, 3.63) is 29.3 Å². The van der Waals surface area contributed by atoms with Gasteiger partial charge in [-0.1, -0.05) is 6.07 Å². The van der Waals surface area contributed by atoms with Gasteiger partial charge in [0.25, 0.3) is 0 Å². The van der Waals surface area contributed by atoms with Gasteiger partial charge in [0, 0.05) is 5.56 Å². The number of carbonyl (C=O) groups is 3. The minimum Gasteiger partial charge on any atom is -0.508 e. The first kappa shape index (κ1) is 15.7. The highest BCUT2D eigenvalue weighted by Gasteiger charge is 2.24. The summed E-state index contributed by atoms with van der Waals surface area (Å²) in [5, 5.41) is 18.1. The predicted molar refractivity (Wildman–Crippen MR) is 69.6 cm³/mol. The molecule has 0 spiro atoms. The average Bonchev–Trinajstić information content (AvgIpc) is 2.39. The Balaban J connectivity index is 2.96. The zero-order valence-corrected chi connectivity index (χ0v) is 11.0. The molecule has 108 valence electrons. The summed E-state index contributed by atoms with van der Waals surface area (Å²) in [4.78, 5) is 33.5. The van der Waals surface area contributed by atoms with Gasteiger partial charge in [-0.3, -0.25) is 14.4 Å². The van der Waals surface area contributed by atoms with Crippen molar-refractivity contribution in [2.75, 3.05) is 6.61 Å². The summed E-state index contributed by atoms with van der Waals surface area (Å²) in [6.45, 7) is 1.79. The number of phenolic OH excluding ortho intramolecular Hbond substituents is 1. The lowest BCUT2D eigenvalue weighted by Gasteiger charge is -2.14. The van der Waals surface area contributed by atoms with Gasteiger partial charge in [-0.25, -0.2) is 0 Å². The van der Waals surface area contributed by atoms with Gasteiger partial charge in [-0.05, 0) is 31.0 Å². The molecule has 0 aliphatic carbocycles. The Kier molecular flexibility index (Phi) is 5.71. The number of aliphatic carboxylic acids is 1. The number of carbonyl (C=O) groups excluding carboxylic acids is 2. The first-order valence-corrected chi connectivity index (χ1v) is 6.13. The maximum atomic E-state index is 11.7. The molecule has 1 unspecified atom stereocenters. The number of hydrogen-bond acceptors (Lipinski definition) is 5. The molecule has 20 heavy (non-hydrogen) atoms. The van der Waals surface area contributed by atoms with Gasteiger partial charge in [-0.2, -0.15) is 0 Å². The van der Waals surface area contributed by atoms with E-state index in [4.69, 9.17) is 9.84 Å². The SMILES string of the molecule is CCOC(=O)C(CC(=O)O)Cc1ccc(O)cc1C=O. The van der Waals surface area contributed by atoms with E-state index in [1.165, 1.54) is 18.2 Å². The molecular weight excluding hydrogens is 264 g/mol. The number of aldehydes is 1. The number of carboxylic acids is 1. The zero-order chi connectivity index (χ0) is 15.1. The maximum Gasteiger partial charge on any atom is 0.309 e. The van der Waals surface area contributed by atoms with Gasteiger partial charge in [0.2, 0.25) is 0 Å². The number of rotatable bonds is 7. The normalized spacial score (nSPS) is 11.7. The van der Waals surface area contributed by atoms with Gasteiger partial charge < -0.3 is 14.9 Å². The van der Waals surface area contributed by atoms with Crippen LogP contribution in [-0.4, -0.2) is 35.0 Å². The van der Waals surface area contributed by atoms with Crippen molar-refractivity contribution in [3.8, 4) is 5.75 Å². The third-order valence-corrected chi connectivity index (χ3v) is 2.76. The highest BCUT2D eigenvalue weighted by molar-refractivity contribution is 5.81. The highest BCUT2D eigenvalue weighted by atomic mass is 16.5. The molecule has 0 aromatic heterocycles. The summed E-state index contributed by atoms with van der Waals surface area (Å²) in [5.41, 5.74) is 0.724. The molecule has 2 N–H and O–H groups in total. The summed E-state index contributed by atoms with van der Waals surface area (Å²) >= 11 is 0. The van der Waals surface area contributed by atoms with E-state index in [-0.39, 0.29) is 30.8 Å². The Morgan fingerprint density at radius 2 is 2.10 bits per heavy atom. The largest absolute Gasteiger partial charge is 0.508 e. The number of hydrogen-bond donors (Lipinski definition) is 2. The first-order valence-electron chi connectivity index (χ1n) is 6.13. The molecule has 1 atom stereocenters. The lowest BCUT2D eigenvalue weighted by Crippen LogP contribution is -2.23. The van der Waals surface area contributed by atoms with E-state index in [0.29, 0.717) is 11.8 Å². The van der Waals surface area contributed by atoms with Crippen LogP contribution in [0.15, 0.2) is 18.2 Å². The third kappa shape index (κ3) is 4.38. The number of benzene rings is 1. The number of phenols is 1. The van der Waals surface area contributed by atoms with Crippen LogP contribution in [0.5, 0.6) is 5.75 Å². The summed E-state index contributed by atoms with van der Waals surface area (Å²) in [6, 6.07) is 4.14. The van der Waals surface area contributed by atoms with Crippen LogP contribution in [0.2, 0.25) is 0 Å². The predicted octanol–water partition coefficient (Wildman–Crippen LogP) is 1.40. The Morgan fingerprint density at radius 3 is 2.65 bits per heavy atom. The van der Waals surface area contributed by atoms with Crippen molar-refractivity contribution in [2.24, 2.45) is 5.92 Å². The Morgan fingerprint density at radius 1 is 1.40 bits per heavy atom. The lowest BCUT2D eigenvalue weighted by molar-refractivity contribution is -0.152. The van der Waals surface area contributed by atoms with Crippen LogP contribution >= 0.6 is 0 Å². The molecule has 6 nitrogen and oxygen atoms in total. The second-order valence-corrected chi connectivity index (χ2v) is 4.25. The molecule has 1 aromatic rings. The Hall–Kier alpha value is -2.37. The van der Waals surface area contributed by atoms with Crippen molar-refractivity contribution < 1.29 is 29.3 Å². The minimum atomic E-state index is -1.12. The van der Waals surface area contributed by atoms with Gasteiger partial charge in [0.1, 0.15) is 12.0 Å². The van der Waals surface area contributed by atoms with Crippen LogP contribution in [0.3, 0.4) is 0 Å². The van der Waals surface area contributed by atoms with Crippen molar-refractivity contribution >= 4 is 18.2 Å². The van der Waals surface area contributed by atoms with Gasteiger partial charge >= 0.3 is 11.9 Å². The van der Waals surface area contributed by atoms with Crippen LogP contribution in [0.25, 0.3) is 0 Å². The van der Waals surface area contributed by atoms with Crippen LogP contribution in [0.4, 0.5) is 0 Å². The van der Waals surface area contributed by atoms with E-state index in [1.807, 2.05) is 0 Å². The number of aromatic hydroxyl groups is 1. The summed E-state index contributed by atoms with van der Waals surface area (Å²) in [6.07, 6.45) is 0.246. The van der Waals surface area contributed by atoms with Crippen LogP contribution in [0.1, 0.15) is 29.3 Å². The fourth-order valence-corrected chi connectivity index (χ4v) is 1.85. The molecule has 0 saturated heterocycles. The van der Waals surface area contributed by atoms with E-state index in [0.717, 1.165) is 0 Å². The Labute approximate surface area is 116 Å². The smallest absolute Gasteiger partial charge is 0.309 e. The molecule has 0 fully saturated rings. The van der Waals surface area contributed by atoms with Crippen molar-refractivity contribution in [2.45, 2.75) is 19.8 Å². The molecule has 0 amide bonds. The van der Waals surface area contributed by atoms with Crippen LogP contribution in [0, 0.1) is 5.92 Å². The molecule has 0 heterocycles. The van der Waals surface area contributed by atoms with E-state index < -0.39 is 17.9 Å². The van der Waals surface area contributed by atoms with Crippen molar-refractivity contribution in [1.82, 2.24) is 0 Å². The Bertz CT molecular complexity index is 508. The second-order valence-electron chi connectivity index (χ2n) is 4.25. The van der Waals surface area contributed by atoms with E-state index >= 15 is 0 Å². The molecule has 0 aliphatic rings. The fraction of sp³-hybridized carbons (Fsp3) is 0.357. The fourth-order valence-electron chi connectivity index (χ4n) is 1.85. The lowest BCUT2D eigenvalue weighted by atomic mass is 9.93. The van der Waals surface area contributed by atoms with Gasteiger partial charge in [0.15, 0.2) is 0 Å². The first-order chi connectivity index (χ1) is 9.47. The molecule has 0 bridgehead atoms. The van der Waals surface area contributed by atoms with E-state index in [9.17, 15) is 19.5 Å². The van der Waals surface area contributed by atoms with E-state index in [2.05, 4.69) is 0 Å². The maximum absolute atomic E-state index is 11.7. The van der Waals surface area contributed by atoms with Crippen LogP contribution < -0.4 is 0 Å². The monoisotopic (exact) mass is 280 g/mol. The standard InChI is InChI=1S/C14H16O6/c1-2-20-14(19)10(7-13(17)18)5-9-3-4-12(16)6-11(9)8-15/h3-4,6,8,10,16H,2,5,7H2,1H3,(H,17,18).